The number of carbonyl (C=O) groups is 1. The normalized spacial score (nSPS) is 39.2. The standard InChI is InChI=1S/C19H34O5/c1-11(2)12(3)13-9-19(21,16(20)22-8)10-14-15(13)24-18(6,7)17(4,5)23-14/h11-15,21H,9-10H2,1-8H3. The molecule has 0 bridgehead atoms. The molecule has 5 unspecified atom stereocenters. The quantitative estimate of drug-likeness (QED) is 0.799. The molecule has 1 aliphatic carbocycles. The summed E-state index contributed by atoms with van der Waals surface area (Å²) in [6.07, 6.45) is 0.109. The van der Waals surface area contributed by atoms with Crippen molar-refractivity contribution >= 4 is 5.97 Å². The van der Waals surface area contributed by atoms with Gasteiger partial charge in [0.1, 0.15) is 0 Å². The summed E-state index contributed by atoms with van der Waals surface area (Å²) >= 11 is 0. The highest BCUT2D eigenvalue weighted by Crippen LogP contribution is 2.49. The Morgan fingerprint density at radius 2 is 1.62 bits per heavy atom. The summed E-state index contributed by atoms with van der Waals surface area (Å²) in [6.45, 7) is 14.6. The third-order valence-electron chi connectivity index (χ3n) is 6.52. The first-order valence-electron chi connectivity index (χ1n) is 9.01. The van der Waals surface area contributed by atoms with E-state index >= 15 is 0 Å². The van der Waals surface area contributed by atoms with E-state index in [4.69, 9.17) is 14.2 Å². The Labute approximate surface area is 146 Å². The molecule has 5 atom stereocenters. The summed E-state index contributed by atoms with van der Waals surface area (Å²) in [6, 6.07) is 0. The molecule has 1 saturated heterocycles. The molecule has 2 fully saturated rings. The Bertz CT molecular complexity index is 484. The van der Waals surface area contributed by atoms with Crippen molar-refractivity contribution in [2.45, 2.75) is 90.3 Å². The molecule has 1 aliphatic heterocycles. The number of rotatable bonds is 3. The molecular formula is C19H34O5. The van der Waals surface area contributed by atoms with Crippen LogP contribution in [-0.4, -0.2) is 47.2 Å². The molecule has 0 aromatic heterocycles. The lowest BCUT2D eigenvalue weighted by atomic mass is 9.66. The zero-order chi connectivity index (χ0) is 18.5. The summed E-state index contributed by atoms with van der Waals surface area (Å²) < 4.78 is 17.7. The highest BCUT2D eigenvalue weighted by molar-refractivity contribution is 5.79. The van der Waals surface area contributed by atoms with E-state index in [-0.39, 0.29) is 30.5 Å². The van der Waals surface area contributed by atoms with Crippen molar-refractivity contribution < 1.29 is 24.1 Å². The molecule has 1 heterocycles. The minimum Gasteiger partial charge on any atom is -0.467 e. The molecular weight excluding hydrogens is 308 g/mol. The van der Waals surface area contributed by atoms with E-state index < -0.39 is 22.8 Å². The van der Waals surface area contributed by atoms with Gasteiger partial charge in [0.15, 0.2) is 5.60 Å². The first-order chi connectivity index (χ1) is 10.8. The summed E-state index contributed by atoms with van der Waals surface area (Å²) in [5, 5.41) is 11.0. The Morgan fingerprint density at radius 3 is 2.12 bits per heavy atom. The molecule has 0 aromatic rings. The van der Waals surface area contributed by atoms with Crippen LogP contribution >= 0.6 is 0 Å². The van der Waals surface area contributed by atoms with Crippen LogP contribution in [0.1, 0.15) is 61.3 Å². The topological polar surface area (TPSA) is 65.0 Å². The molecule has 0 spiro atoms. The third-order valence-corrected chi connectivity index (χ3v) is 6.52. The van der Waals surface area contributed by atoms with E-state index in [0.29, 0.717) is 12.3 Å². The predicted octanol–water partition coefficient (Wildman–Crippen LogP) is 2.93. The minimum absolute atomic E-state index is 0.0308. The number of hydrogen-bond acceptors (Lipinski definition) is 5. The average molecular weight is 342 g/mol. The molecule has 1 N–H and O–H groups in total. The number of hydrogen-bond donors (Lipinski definition) is 1. The van der Waals surface area contributed by atoms with Gasteiger partial charge in [-0.15, -0.1) is 0 Å². The molecule has 5 heteroatoms. The number of aliphatic hydroxyl groups is 1. The van der Waals surface area contributed by atoms with E-state index in [2.05, 4.69) is 20.8 Å². The van der Waals surface area contributed by atoms with Crippen LogP contribution < -0.4 is 0 Å². The molecule has 0 amide bonds. The molecule has 1 saturated carbocycles. The van der Waals surface area contributed by atoms with Gasteiger partial charge in [0, 0.05) is 6.42 Å². The molecule has 2 aliphatic rings. The molecule has 24 heavy (non-hydrogen) atoms. The first kappa shape index (κ1) is 19.7. The van der Waals surface area contributed by atoms with Crippen LogP contribution in [0.2, 0.25) is 0 Å². The maximum absolute atomic E-state index is 12.2. The first-order valence-corrected chi connectivity index (χ1v) is 9.01. The molecule has 0 aromatic carbocycles. The van der Waals surface area contributed by atoms with Crippen molar-refractivity contribution in [3.63, 3.8) is 0 Å². The van der Waals surface area contributed by atoms with Crippen molar-refractivity contribution in [3.8, 4) is 0 Å². The number of carbonyl (C=O) groups excluding carboxylic acids is 1. The number of fused-ring (bicyclic) bond motifs is 1. The summed E-state index contributed by atoms with van der Waals surface area (Å²) in [7, 11) is 1.32. The third kappa shape index (κ3) is 3.23. The maximum atomic E-state index is 12.2. The van der Waals surface area contributed by atoms with Gasteiger partial charge in [0.25, 0.3) is 0 Å². The van der Waals surface area contributed by atoms with Crippen molar-refractivity contribution in [1.29, 1.82) is 0 Å². The van der Waals surface area contributed by atoms with Gasteiger partial charge >= 0.3 is 5.97 Å². The molecule has 140 valence electrons. The van der Waals surface area contributed by atoms with Crippen molar-refractivity contribution in [2.75, 3.05) is 7.11 Å². The monoisotopic (exact) mass is 342 g/mol. The van der Waals surface area contributed by atoms with Crippen molar-refractivity contribution in [1.82, 2.24) is 0 Å². The Kier molecular flexibility index (Phi) is 5.13. The Morgan fingerprint density at radius 1 is 1.08 bits per heavy atom. The lowest BCUT2D eigenvalue weighted by molar-refractivity contribution is -0.327. The van der Waals surface area contributed by atoms with Crippen LogP contribution in [-0.2, 0) is 19.0 Å². The zero-order valence-electron chi connectivity index (χ0n) is 16.4. The van der Waals surface area contributed by atoms with Gasteiger partial charge in [0.2, 0.25) is 0 Å². The summed E-state index contributed by atoms with van der Waals surface area (Å²) in [4.78, 5) is 12.2. The van der Waals surface area contributed by atoms with Crippen LogP contribution in [0.5, 0.6) is 0 Å². The van der Waals surface area contributed by atoms with Crippen LogP contribution in [0, 0.1) is 17.8 Å². The van der Waals surface area contributed by atoms with Gasteiger partial charge in [-0.2, -0.15) is 0 Å². The fourth-order valence-corrected chi connectivity index (χ4v) is 3.92. The fourth-order valence-electron chi connectivity index (χ4n) is 3.92. The second-order valence-corrected chi connectivity index (χ2v) is 8.96. The van der Waals surface area contributed by atoms with Crippen LogP contribution in [0.4, 0.5) is 0 Å². The van der Waals surface area contributed by atoms with Gasteiger partial charge in [0.05, 0.1) is 30.5 Å². The van der Waals surface area contributed by atoms with Crippen molar-refractivity contribution in [2.24, 2.45) is 17.8 Å². The lowest BCUT2D eigenvalue weighted by Crippen LogP contribution is -2.67. The Hall–Kier alpha value is -0.650. The van der Waals surface area contributed by atoms with E-state index in [1.807, 2.05) is 27.7 Å². The molecule has 5 nitrogen and oxygen atoms in total. The van der Waals surface area contributed by atoms with E-state index in [1.165, 1.54) is 7.11 Å². The van der Waals surface area contributed by atoms with Gasteiger partial charge in [-0.25, -0.2) is 4.79 Å². The minimum atomic E-state index is -1.51. The van der Waals surface area contributed by atoms with E-state index in [0.717, 1.165) is 0 Å². The van der Waals surface area contributed by atoms with Gasteiger partial charge < -0.3 is 19.3 Å². The van der Waals surface area contributed by atoms with Crippen LogP contribution in [0.3, 0.4) is 0 Å². The Balaban J connectivity index is 2.39. The van der Waals surface area contributed by atoms with Gasteiger partial charge in [-0.05, 0) is 51.9 Å². The van der Waals surface area contributed by atoms with Gasteiger partial charge in [-0.3, -0.25) is 0 Å². The highest BCUT2D eigenvalue weighted by atomic mass is 16.6. The largest absolute Gasteiger partial charge is 0.467 e. The number of methoxy groups -OCH3 is 1. The van der Waals surface area contributed by atoms with E-state index in [1.54, 1.807) is 0 Å². The van der Waals surface area contributed by atoms with Crippen LogP contribution in [0.15, 0.2) is 0 Å². The summed E-state index contributed by atoms with van der Waals surface area (Å²) in [5.74, 6) is 0.156. The smallest absolute Gasteiger partial charge is 0.337 e. The van der Waals surface area contributed by atoms with Crippen LogP contribution in [0.25, 0.3) is 0 Å². The highest BCUT2D eigenvalue weighted by Gasteiger charge is 2.59. The van der Waals surface area contributed by atoms with E-state index in [9.17, 15) is 9.90 Å². The zero-order valence-corrected chi connectivity index (χ0v) is 16.4. The second kappa shape index (κ2) is 6.26. The lowest BCUT2D eigenvalue weighted by Gasteiger charge is -2.58. The second-order valence-electron chi connectivity index (χ2n) is 8.96. The predicted molar refractivity (Wildman–Crippen MR) is 91.6 cm³/mol. The fraction of sp³-hybridized carbons (Fsp3) is 0.947. The number of esters is 1. The molecule has 2 rings (SSSR count). The number of ether oxygens (including phenoxy) is 3. The summed E-state index contributed by atoms with van der Waals surface area (Å²) in [5.41, 5.74) is -2.46. The van der Waals surface area contributed by atoms with Gasteiger partial charge in [-0.1, -0.05) is 20.8 Å². The maximum Gasteiger partial charge on any atom is 0.337 e. The average Bonchev–Trinajstić information content (AvgIpc) is 2.46. The SMILES string of the molecule is COC(=O)C1(O)CC2OC(C)(C)C(C)(C)OC2C(C(C)C(C)C)C1. The molecule has 0 radical (unpaired) electrons. The van der Waals surface area contributed by atoms with Crippen molar-refractivity contribution in [3.05, 3.63) is 0 Å².